The lowest BCUT2D eigenvalue weighted by Crippen LogP contribution is -2.08. The van der Waals surface area contributed by atoms with Crippen LogP contribution in [0.25, 0.3) is 0 Å². The second kappa shape index (κ2) is 5.23. The Labute approximate surface area is 124 Å². The number of sulfone groups is 1. The van der Waals surface area contributed by atoms with Crippen LogP contribution in [0.15, 0.2) is 58.3 Å². The monoisotopic (exact) mass is 306 g/mol. The van der Waals surface area contributed by atoms with Gasteiger partial charge >= 0.3 is 0 Å². The zero-order valence-corrected chi connectivity index (χ0v) is 12.5. The van der Waals surface area contributed by atoms with E-state index in [-0.39, 0.29) is 5.38 Å². The molecule has 0 saturated heterocycles. The van der Waals surface area contributed by atoms with Crippen LogP contribution in [-0.2, 0) is 16.3 Å². The molecule has 20 heavy (non-hydrogen) atoms. The predicted molar refractivity (Wildman–Crippen MR) is 79.9 cm³/mol. The Hall–Kier alpha value is -1.32. The largest absolute Gasteiger partial charge is 0.219 e. The molecule has 1 aliphatic rings. The molecule has 0 spiro atoms. The summed E-state index contributed by atoms with van der Waals surface area (Å²) in [5.74, 6) is 0. The molecule has 3 rings (SSSR count). The van der Waals surface area contributed by atoms with Crippen molar-refractivity contribution in [3.63, 3.8) is 0 Å². The van der Waals surface area contributed by atoms with Crippen molar-refractivity contribution in [1.29, 1.82) is 0 Å². The Balaban J connectivity index is 2.08. The molecule has 0 heterocycles. The third kappa shape index (κ3) is 2.36. The minimum atomic E-state index is -3.43. The van der Waals surface area contributed by atoms with Crippen LogP contribution in [0.3, 0.4) is 0 Å². The van der Waals surface area contributed by atoms with E-state index in [1.54, 1.807) is 36.4 Å². The first kappa shape index (κ1) is 13.7. The second-order valence-electron chi connectivity index (χ2n) is 5.04. The van der Waals surface area contributed by atoms with Crippen molar-refractivity contribution >= 4 is 21.4 Å². The van der Waals surface area contributed by atoms with Crippen LogP contribution in [0.2, 0.25) is 0 Å². The first-order chi connectivity index (χ1) is 9.59. The molecule has 0 aromatic heterocycles. The molecule has 0 amide bonds. The van der Waals surface area contributed by atoms with E-state index in [0.717, 1.165) is 30.4 Å². The Morgan fingerprint density at radius 3 is 2.50 bits per heavy atom. The summed E-state index contributed by atoms with van der Waals surface area (Å²) >= 11 is 6.28. The van der Waals surface area contributed by atoms with Crippen molar-refractivity contribution in [3.05, 3.63) is 59.7 Å². The highest BCUT2D eigenvalue weighted by molar-refractivity contribution is 7.91. The van der Waals surface area contributed by atoms with E-state index in [1.807, 2.05) is 12.1 Å². The van der Waals surface area contributed by atoms with Crippen molar-refractivity contribution in [2.75, 3.05) is 0 Å². The predicted octanol–water partition coefficient (Wildman–Crippen LogP) is 4.14. The molecule has 0 aliphatic heterocycles. The summed E-state index contributed by atoms with van der Waals surface area (Å²) in [5.41, 5.74) is 2.14. The summed E-state index contributed by atoms with van der Waals surface area (Å²) < 4.78 is 25.1. The lowest BCUT2D eigenvalue weighted by atomic mass is 9.91. The van der Waals surface area contributed by atoms with Crippen molar-refractivity contribution in [1.82, 2.24) is 0 Å². The third-order valence-corrected chi connectivity index (χ3v) is 5.94. The van der Waals surface area contributed by atoms with E-state index in [0.29, 0.717) is 9.79 Å². The number of benzene rings is 2. The summed E-state index contributed by atoms with van der Waals surface area (Å²) in [6, 6.07) is 13.8. The van der Waals surface area contributed by atoms with Gasteiger partial charge in [-0.2, -0.15) is 0 Å². The number of hydrogen-bond donors (Lipinski definition) is 0. The molecule has 4 heteroatoms. The van der Waals surface area contributed by atoms with Crippen LogP contribution >= 0.6 is 11.6 Å². The van der Waals surface area contributed by atoms with Gasteiger partial charge in [0.1, 0.15) is 0 Å². The van der Waals surface area contributed by atoms with Crippen molar-refractivity contribution in [2.24, 2.45) is 0 Å². The highest BCUT2D eigenvalue weighted by Gasteiger charge is 2.22. The molecule has 0 fully saturated rings. The second-order valence-corrected chi connectivity index (χ2v) is 7.51. The summed E-state index contributed by atoms with van der Waals surface area (Å²) in [4.78, 5) is 0.686. The fourth-order valence-corrected chi connectivity index (χ4v) is 4.33. The molecule has 0 saturated carbocycles. The van der Waals surface area contributed by atoms with Gasteiger partial charge in [-0.15, -0.1) is 11.6 Å². The molecular weight excluding hydrogens is 292 g/mol. The minimum Gasteiger partial charge on any atom is -0.219 e. The molecule has 0 unspecified atom stereocenters. The Kier molecular flexibility index (Phi) is 3.57. The molecule has 104 valence electrons. The van der Waals surface area contributed by atoms with Crippen molar-refractivity contribution in [2.45, 2.75) is 34.4 Å². The summed E-state index contributed by atoms with van der Waals surface area (Å²) in [6.07, 6.45) is 2.87. The van der Waals surface area contributed by atoms with E-state index in [4.69, 9.17) is 11.6 Å². The summed E-state index contributed by atoms with van der Waals surface area (Å²) in [6.45, 7) is 0. The van der Waals surface area contributed by atoms with E-state index in [1.165, 1.54) is 0 Å². The fourth-order valence-electron chi connectivity index (χ4n) is 2.63. The molecule has 2 aromatic carbocycles. The molecule has 1 atom stereocenters. The standard InChI is InChI=1S/C16H15ClO2S/c17-16-8-4-5-12-11-14(9-10-15(12)16)20(18,19)13-6-2-1-3-7-13/h1-3,6-7,9-11,16H,4-5,8H2/t16-/m1/s1. The topological polar surface area (TPSA) is 34.1 Å². The third-order valence-electron chi connectivity index (χ3n) is 3.72. The Morgan fingerprint density at radius 1 is 1.00 bits per heavy atom. The van der Waals surface area contributed by atoms with Gasteiger partial charge in [0.15, 0.2) is 0 Å². The van der Waals surface area contributed by atoms with Crippen LogP contribution < -0.4 is 0 Å². The van der Waals surface area contributed by atoms with Gasteiger partial charge in [-0.3, -0.25) is 0 Å². The van der Waals surface area contributed by atoms with Crippen LogP contribution in [0, 0.1) is 0 Å². The Morgan fingerprint density at radius 2 is 1.75 bits per heavy atom. The molecule has 2 nitrogen and oxygen atoms in total. The quantitative estimate of drug-likeness (QED) is 0.782. The van der Waals surface area contributed by atoms with E-state index < -0.39 is 9.84 Å². The average Bonchev–Trinajstić information content (AvgIpc) is 2.48. The molecule has 0 radical (unpaired) electrons. The van der Waals surface area contributed by atoms with Crippen molar-refractivity contribution in [3.8, 4) is 0 Å². The minimum absolute atomic E-state index is 0.00669. The molecule has 2 aromatic rings. The molecular formula is C16H15ClO2S. The number of alkyl halides is 1. The van der Waals surface area contributed by atoms with E-state index >= 15 is 0 Å². The Bertz CT molecular complexity index is 723. The van der Waals surface area contributed by atoms with Gasteiger partial charge in [0.25, 0.3) is 0 Å². The highest BCUT2D eigenvalue weighted by Crippen LogP contribution is 2.36. The van der Waals surface area contributed by atoms with E-state index in [9.17, 15) is 8.42 Å². The normalized spacial score (nSPS) is 18.6. The van der Waals surface area contributed by atoms with Gasteiger partial charge in [0.2, 0.25) is 9.84 Å². The maximum absolute atomic E-state index is 12.6. The first-order valence-electron chi connectivity index (χ1n) is 6.66. The van der Waals surface area contributed by atoms with Crippen LogP contribution in [0.4, 0.5) is 0 Å². The number of fused-ring (bicyclic) bond motifs is 1. The summed E-state index contributed by atoms with van der Waals surface area (Å²) in [5, 5.41) is 0.00669. The zero-order chi connectivity index (χ0) is 14.2. The molecule has 0 N–H and O–H groups in total. The van der Waals surface area contributed by atoms with Crippen LogP contribution in [0.5, 0.6) is 0 Å². The molecule has 1 aliphatic carbocycles. The number of aryl methyl sites for hydroxylation is 1. The lowest BCUT2D eigenvalue weighted by molar-refractivity contribution is 0.595. The maximum Gasteiger partial charge on any atom is 0.206 e. The number of halogens is 1. The zero-order valence-electron chi connectivity index (χ0n) is 10.9. The van der Waals surface area contributed by atoms with Gasteiger partial charge in [-0.25, -0.2) is 8.42 Å². The smallest absolute Gasteiger partial charge is 0.206 e. The van der Waals surface area contributed by atoms with Crippen molar-refractivity contribution < 1.29 is 8.42 Å². The van der Waals surface area contributed by atoms with Crippen LogP contribution in [-0.4, -0.2) is 8.42 Å². The number of rotatable bonds is 2. The highest BCUT2D eigenvalue weighted by atomic mass is 35.5. The maximum atomic E-state index is 12.6. The summed E-state index contributed by atoms with van der Waals surface area (Å²) in [7, 11) is -3.43. The van der Waals surface area contributed by atoms with Crippen LogP contribution in [0.1, 0.15) is 29.3 Å². The van der Waals surface area contributed by atoms with Gasteiger partial charge < -0.3 is 0 Å². The van der Waals surface area contributed by atoms with Gasteiger partial charge in [-0.1, -0.05) is 24.3 Å². The molecule has 0 bridgehead atoms. The first-order valence-corrected chi connectivity index (χ1v) is 8.58. The van der Waals surface area contributed by atoms with Gasteiger partial charge in [0.05, 0.1) is 15.2 Å². The lowest BCUT2D eigenvalue weighted by Gasteiger charge is -2.21. The van der Waals surface area contributed by atoms with Gasteiger partial charge in [0, 0.05) is 0 Å². The SMILES string of the molecule is O=S(=O)(c1ccccc1)c1ccc2c(c1)CCC[C@H]2Cl. The number of hydrogen-bond acceptors (Lipinski definition) is 2. The average molecular weight is 307 g/mol. The van der Waals surface area contributed by atoms with E-state index in [2.05, 4.69) is 0 Å². The fraction of sp³-hybridized carbons (Fsp3) is 0.250. The van der Waals surface area contributed by atoms with Gasteiger partial charge in [-0.05, 0) is 54.7 Å².